The molecule has 0 radical (unpaired) electrons. The molecule has 1 fully saturated rings. The van der Waals surface area contributed by atoms with Gasteiger partial charge in [0.05, 0.1) is 6.10 Å². The number of hydrogen-bond donors (Lipinski definition) is 2. The Hall–Kier alpha value is -0.870. The third-order valence-corrected chi connectivity index (χ3v) is 2.09. The summed E-state index contributed by atoms with van der Waals surface area (Å²) in [5.41, 5.74) is 0.821. The molecule has 13 heavy (non-hydrogen) atoms. The first-order valence-electron chi connectivity index (χ1n) is 4.38. The van der Waals surface area contributed by atoms with Crippen molar-refractivity contribution in [1.82, 2.24) is 4.90 Å². The second kappa shape index (κ2) is 4.39. The molecular formula is C9H15NO3. The fourth-order valence-electron chi connectivity index (χ4n) is 1.56. The van der Waals surface area contributed by atoms with Gasteiger partial charge in [-0.1, -0.05) is 5.57 Å². The summed E-state index contributed by atoms with van der Waals surface area (Å²) in [6, 6.07) is 0. The molecule has 1 unspecified atom stereocenters. The van der Waals surface area contributed by atoms with Crippen LogP contribution in [0.2, 0.25) is 0 Å². The van der Waals surface area contributed by atoms with Gasteiger partial charge in [0.15, 0.2) is 0 Å². The molecular weight excluding hydrogens is 170 g/mol. The molecule has 0 saturated carbocycles. The van der Waals surface area contributed by atoms with Gasteiger partial charge in [-0.2, -0.15) is 0 Å². The smallest absolute Gasteiger partial charge is 0.328 e. The lowest BCUT2D eigenvalue weighted by Crippen LogP contribution is -2.24. The van der Waals surface area contributed by atoms with E-state index < -0.39 is 5.97 Å². The zero-order valence-electron chi connectivity index (χ0n) is 7.73. The molecule has 0 aromatic heterocycles. The minimum atomic E-state index is -0.905. The summed E-state index contributed by atoms with van der Waals surface area (Å²) in [7, 11) is 0. The van der Waals surface area contributed by atoms with E-state index in [1.54, 1.807) is 6.92 Å². The Morgan fingerprint density at radius 1 is 1.69 bits per heavy atom. The maximum atomic E-state index is 10.3. The van der Waals surface area contributed by atoms with Crippen molar-refractivity contribution in [2.24, 2.45) is 0 Å². The van der Waals surface area contributed by atoms with Crippen LogP contribution in [0.1, 0.15) is 13.3 Å². The highest BCUT2D eigenvalue weighted by atomic mass is 16.4. The first-order valence-corrected chi connectivity index (χ1v) is 4.38. The van der Waals surface area contributed by atoms with Crippen molar-refractivity contribution in [2.45, 2.75) is 19.4 Å². The third-order valence-electron chi connectivity index (χ3n) is 2.09. The van der Waals surface area contributed by atoms with E-state index in [2.05, 4.69) is 4.90 Å². The summed E-state index contributed by atoms with van der Waals surface area (Å²) in [6.45, 7) is 3.94. The number of rotatable bonds is 3. The average Bonchev–Trinajstić information content (AvgIpc) is 2.33. The van der Waals surface area contributed by atoms with Gasteiger partial charge in [0.2, 0.25) is 0 Å². The Balaban J connectivity index is 2.36. The molecule has 4 nitrogen and oxygen atoms in total. The van der Waals surface area contributed by atoms with E-state index in [1.165, 1.54) is 6.08 Å². The number of carboxylic acids is 1. The summed E-state index contributed by atoms with van der Waals surface area (Å²) in [5.74, 6) is -0.905. The Morgan fingerprint density at radius 2 is 2.38 bits per heavy atom. The quantitative estimate of drug-likeness (QED) is 0.611. The summed E-state index contributed by atoms with van der Waals surface area (Å²) in [5, 5.41) is 17.7. The van der Waals surface area contributed by atoms with Gasteiger partial charge in [0.25, 0.3) is 0 Å². The van der Waals surface area contributed by atoms with Crippen molar-refractivity contribution in [2.75, 3.05) is 19.6 Å². The van der Waals surface area contributed by atoms with Crippen LogP contribution in [0.4, 0.5) is 0 Å². The van der Waals surface area contributed by atoms with Gasteiger partial charge in [-0.15, -0.1) is 0 Å². The maximum absolute atomic E-state index is 10.3. The lowest BCUT2D eigenvalue weighted by molar-refractivity contribution is -0.131. The number of carbonyl (C=O) groups is 1. The van der Waals surface area contributed by atoms with Crippen LogP contribution in [0.3, 0.4) is 0 Å². The van der Waals surface area contributed by atoms with E-state index in [1.807, 2.05) is 0 Å². The monoisotopic (exact) mass is 185 g/mol. The van der Waals surface area contributed by atoms with Crippen molar-refractivity contribution in [3.8, 4) is 0 Å². The predicted octanol–water partition coefficient (Wildman–Crippen LogP) is 0.0839. The number of likely N-dealkylation sites (tertiary alicyclic amines) is 1. The zero-order valence-corrected chi connectivity index (χ0v) is 7.73. The Morgan fingerprint density at radius 3 is 2.85 bits per heavy atom. The van der Waals surface area contributed by atoms with E-state index >= 15 is 0 Å². The first-order chi connectivity index (χ1) is 6.08. The second-order valence-electron chi connectivity index (χ2n) is 3.51. The van der Waals surface area contributed by atoms with Gasteiger partial charge < -0.3 is 10.2 Å². The molecule has 1 saturated heterocycles. The predicted molar refractivity (Wildman–Crippen MR) is 48.5 cm³/mol. The number of aliphatic hydroxyl groups excluding tert-OH is 1. The average molecular weight is 185 g/mol. The number of aliphatic carboxylic acids is 1. The summed E-state index contributed by atoms with van der Waals surface area (Å²) in [6.07, 6.45) is 1.77. The summed E-state index contributed by atoms with van der Waals surface area (Å²) in [4.78, 5) is 12.4. The molecule has 0 bridgehead atoms. The van der Waals surface area contributed by atoms with Crippen LogP contribution in [-0.2, 0) is 4.79 Å². The highest BCUT2D eigenvalue weighted by Gasteiger charge is 2.19. The number of hydrogen-bond acceptors (Lipinski definition) is 3. The minimum Gasteiger partial charge on any atom is -0.478 e. The highest BCUT2D eigenvalue weighted by molar-refractivity contribution is 5.80. The van der Waals surface area contributed by atoms with Gasteiger partial charge >= 0.3 is 5.97 Å². The zero-order chi connectivity index (χ0) is 9.84. The molecule has 0 aromatic rings. The maximum Gasteiger partial charge on any atom is 0.328 e. The topological polar surface area (TPSA) is 60.8 Å². The fraction of sp³-hybridized carbons (Fsp3) is 0.667. The number of carboxylic acid groups (broad SMARTS) is 1. The lowest BCUT2D eigenvalue weighted by atomic mass is 10.2. The van der Waals surface area contributed by atoms with E-state index in [9.17, 15) is 9.90 Å². The summed E-state index contributed by atoms with van der Waals surface area (Å²) >= 11 is 0. The Labute approximate surface area is 77.5 Å². The van der Waals surface area contributed by atoms with Crippen LogP contribution >= 0.6 is 0 Å². The highest BCUT2D eigenvalue weighted by Crippen LogP contribution is 2.10. The van der Waals surface area contributed by atoms with Crippen LogP contribution in [0.25, 0.3) is 0 Å². The Kier molecular flexibility index (Phi) is 3.45. The Bertz CT molecular complexity index is 225. The SMILES string of the molecule is CC(=CC(=O)O)CN1CCC(O)C1. The molecule has 1 aliphatic heterocycles. The molecule has 74 valence electrons. The van der Waals surface area contributed by atoms with Crippen LogP contribution in [0.5, 0.6) is 0 Å². The molecule has 0 aliphatic carbocycles. The second-order valence-corrected chi connectivity index (χ2v) is 3.51. The van der Waals surface area contributed by atoms with Crippen molar-refractivity contribution < 1.29 is 15.0 Å². The van der Waals surface area contributed by atoms with Crippen LogP contribution < -0.4 is 0 Å². The molecule has 1 rings (SSSR count). The lowest BCUT2D eigenvalue weighted by Gasteiger charge is -2.14. The molecule has 2 N–H and O–H groups in total. The largest absolute Gasteiger partial charge is 0.478 e. The minimum absolute atomic E-state index is 0.238. The number of nitrogens with zero attached hydrogens (tertiary/aromatic N) is 1. The molecule has 1 aliphatic rings. The van der Waals surface area contributed by atoms with Crippen molar-refractivity contribution in [3.05, 3.63) is 11.6 Å². The molecule has 0 spiro atoms. The molecule has 1 heterocycles. The van der Waals surface area contributed by atoms with Crippen molar-refractivity contribution in [3.63, 3.8) is 0 Å². The normalized spacial score (nSPS) is 25.1. The number of β-amino-alcohol motifs (C(OH)–C–C–N with tert-alkyl or cyclic N) is 1. The molecule has 0 aromatic carbocycles. The van der Waals surface area contributed by atoms with E-state index in [-0.39, 0.29) is 6.10 Å². The van der Waals surface area contributed by atoms with E-state index in [0.717, 1.165) is 18.5 Å². The van der Waals surface area contributed by atoms with Crippen LogP contribution in [0.15, 0.2) is 11.6 Å². The van der Waals surface area contributed by atoms with E-state index in [0.29, 0.717) is 13.1 Å². The van der Waals surface area contributed by atoms with Gasteiger partial charge in [-0.25, -0.2) is 4.79 Å². The molecule has 0 amide bonds. The fourth-order valence-corrected chi connectivity index (χ4v) is 1.56. The van der Waals surface area contributed by atoms with Gasteiger partial charge in [-0.05, 0) is 13.3 Å². The summed E-state index contributed by atoms with van der Waals surface area (Å²) < 4.78 is 0. The van der Waals surface area contributed by atoms with Crippen LogP contribution in [-0.4, -0.2) is 46.8 Å². The number of aliphatic hydroxyl groups is 1. The van der Waals surface area contributed by atoms with Crippen molar-refractivity contribution in [1.29, 1.82) is 0 Å². The first kappa shape index (κ1) is 10.2. The standard InChI is InChI=1S/C9H15NO3/c1-7(4-9(12)13)5-10-3-2-8(11)6-10/h4,8,11H,2-3,5-6H2,1H3,(H,12,13). The van der Waals surface area contributed by atoms with Gasteiger partial charge in [0.1, 0.15) is 0 Å². The van der Waals surface area contributed by atoms with Crippen molar-refractivity contribution >= 4 is 5.97 Å². The van der Waals surface area contributed by atoms with E-state index in [4.69, 9.17) is 5.11 Å². The van der Waals surface area contributed by atoms with Gasteiger partial charge in [0, 0.05) is 25.7 Å². The molecule has 4 heteroatoms. The molecule has 1 atom stereocenters. The van der Waals surface area contributed by atoms with Crippen LogP contribution in [0, 0.1) is 0 Å². The van der Waals surface area contributed by atoms with Gasteiger partial charge in [-0.3, -0.25) is 4.90 Å². The third kappa shape index (κ3) is 3.57.